The number of anilines is 1. The van der Waals surface area contributed by atoms with Crippen LogP contribution in [0.1, 0.15) is 24.2 Å². The van der Waals surface area contributed by atoms with E-state index in [1.165, 1.54) is 16.2 Å². The van der Waals surface area contributed by atoms with Crippen molar-refractivity contribution in [3.63, 3.8) is 0 Å². The number of rotatable bonds is 6. The van der Waals surface area contributed by atoms with E-state index >= 15 is 0 Å². The summed E-state index contributed by atoms with van der Waals surface area (Å²) in [6.45, 7) is 7.21. The smallest absolute Gasteiger partial charge is 0.422 e. The van der Waals surface area contributed by atoms with Crippen molar-refractivity contribution in [1.29, 1.82) is 0 Å². The zero-order chi connectivity index (χ0) is 23.5. The first-order valence-corrected chi connectivity index (χ1v) is 11.0. The summed E-state index contributed by atoms with van der Waals surface area (Å²) in [4.78, 5) is 30.1. The van der Waals surface area contributed by atoms with E-state index in [1.807, 2.05) is 31.4 Å². The zero-order valence-electron chi connectivity index (χ0n) is 17.9. The summed E-state index contributed by atoms with van der Waals surface area (Å²) in [5, 5.41) is 5.18. The fraction of sp³-hybridized carbons (Fsp3) is 0.476. The molecule has 32 heavy (non-hydrogen) atoms. The maximum absolute atomic E-state index is 12.6. The van der Waals surface area contributed by atoms with Crippen LogP contribution >= 0.6 is 11.3 Å². The summed E-state index contributed by atoms with van der Waals surface area (Å²) in [5.41, 5.74) is 3.93. The number of nitrogens with one attached hydrogen (secondary N) is 1. The number of amides is 2. The number of thiazole rings is 1. The van der Waals surface area contributed by atoms with Gasteiger partial charge in [0, 0.05) is 47.9 Å². The van der Waals surface area contributed by atoms with Crippen LogP contribution in [0, 0.1) is 19.8 Å². The molecule has 1 aliphatic heterocycles. The number of carbonyl (C=O) groups is 2. The van der Waals surface area contributed by atoms with Gasteiger partial charge in [0.25, 0.3) is 0 Å². The number of alkyl halides is 3. The lowest BCUT2D eigenvalue weighted by Gasteiger charge is -2.30. The van der Waals surface area contributed by atoms with Crippen molar-refractivity contribution >= 4 is 28.5 Å². The molecule has 0 atom stereocenters. The van der Waals surface area contributed by atoms with Gasteiger partial charge >= 0.3 is 12.3 Å². The minimum absolute atomic E-state index is 0.160. The lowest BCUT2D eigenvalue weighted by molar-refractivity contribution is -0.162. The molecule has 1 aliphatic rings. The van der Waals surface area contributed by atoms with E-state index in [9.17, 15) is 22.8 Å². The average Bonchev–Trinajstić information content (AvgIpc) is 3.31. The number of likely N-dealkylation sites (tertiary alicyclic amines) is 1. The first-order chi connectivity index (χ1) is 15.1. The topological polar surface area (TPSA) is 76.5 Å². The van der Waals surface area contributed by atoms with Crippen LogP contribution in [0.4, 0.5) is 23.1 Å². The summed E-state index contributed by atoms with van der Waals surface area (Å²) in [5.74, 6) is -0.571. The van der Waals surface area contributed by atoms with Crippen LogP contribution in [0.2, 0.25) is 0 Å². The summed E-state index contributed by atoms with van der Waals surface area (Å²) >= 11 is 1.32. The molecule has 1 N–H and O–H groups in total. The molecule has 3 heterocycles. The molecule has 2 amide bonds. The van der Waals surface area contributed by atoms with Crippen molar-refractivity contribution in [2.24, 2.45) is 5.92 Å². The Morgan fingerprint density at radius 2 is 2.03 bits per heavy atom. The molecular formula is C21H25F3N4O3S. The number of piperidine rings is 1. The quantitative estimate of drug-likeness (QED) is 0.618. The number of halogens is 3. The van der Waals surface area contributed by atoms with Crippen LogP contribution in [0.3, 0.4) is 0 Å². The molecule has 0 spiro atoms. The monoisotopic (exact) mass is 470 g/mol. The van der Waals surface area contributed by atoms with Crippen LogP contribution < -0.4 is 5.32 Å². The maximum atomic E-state index is 12.6. The van der Waals surface area contributed by atoms with Gasteiger partial charge in [-0.2, -0.15) is 13.2 Å². The van der Waals surface area contributed by atoms with Crippen molar-refractivity contribution < 1.29 is 27.5 Å². The summed E-state index contributed by atoms with van der Waals surface area (Å²) in [7, 11) is 0. The third kappa shape index (κ3) is 5.70. The van der Waals surface area contributed by atoms with Gasteiger partial charge in [-0.1, -0.05) is 6.08 Å². The third-order valence-electron chi connectivity index (χ3n) is 5.38. The Hall–Kier alpha value is -2.82. The summed E-state index contributed by atoms with van der Waals surface area (Å²) < 4.78 is 43.0. The van der Waals surface area contributed by atoms with E-state index in [2.05, 4.69) is 26.2 Å². The van der Waals surface area contributed by atoms with Crippen LogP contribution in [-0.2, 0) is 16.1 Å². The Bertz CT molecular complexity index is 991. The van der Waals surface area contributed by atoms with Gasteiger partial charge in [-0.25, -0.2) is 9.78 Å². The standard InChI is InChI=1S/C21H25F3N4O3S/c1-4-7-28-13(2)10-16(14(28)3)17-11-32-19(25-17)26-18(29)15-5-8-27(9-6-15)20(30)31-12-21(22,23)24/h4,10-11,15H,1,5-9,12H2,2-3H3,(H,25,26,29). The lowest BCUT2D eigenvalue weighted by Crippen LogP contribution is -2.42. The number of nitrogens with zero attached hydrogens (tertiary/aromatic N) is 3. The van der Waals surface area contributed by atoms with Gasteiger partial charge in [-0.05, 0) is 32.8 Å². The van der Waals surface area contributed by atoms with Gasteiger partial charge < -0.3 is 19.5 Å². The fourth-order valence-electron chi connectivity index (χ4n) is 3.69. The minimum atomic E-state index is -4.56. The zero-order valence-corrected chi connectivity index (χ0v) is 18.7. The second kappa shape index (κ2) is 9.76. The number of carbonyl (C=O) groups excluding carboxylic acids is 2. The molecule has 3 rings (SSSR count). The normalized spacial score (nSPS) is 15.0. The van der Waals surface area contributed by atoms with E-state index in [1.54, 1.807) is 0 Å². The van der Waals surface area contributed by atoms with Crippen LogP contribution in [-0.4, -0.2) is 52.3 Å². The maximum Gasteiger partial charge on any atom is 0.422 e. The molecule has 0 bridgehead atoms. The third-order valence-corrected chi connectivity index (χ3v) is 6.14. The second-order valence-electron chi connectivity index (χ2n) is 7.64. The average molecular weight is 471 g/mol. The molecule has 2 aromatic heterocycles. The molecule has 0 aliphatic carbocycles. The van der Waals surface area contributed by atoms with Gasteiger partial charge in [0.05, 0.1) is 5.69 Å². The molecule has 0 aromatic carbocycles. The van der Waals surface area contributed by atoms with Crippen molar-refractivity contribution in [2.45, 2.75) is 39.4 Å². The van der Waals surface area contributed by atoms with Crippen LogP contribution in [0.25, 0.3) is 11.3 Å². The molecule has 11 heteroatoms. The number of aromatic nitrogens is 2. The highest BCUT2D eigenvalue weighted by Gasteiger charge is 2.33. The summed E-state index contributed by atoms with van der Waals surface area (Å²) in [6, 6.07) is 2.05. The largest absolute Gasteiger partial charge is 0.440 e. The van der Waals surface area contributed by atoms with Crippen molar-refractivity contribution in [1.82, 2.24) is 14.5 Å². The molecule has 7 nitrogen and oxygen atoms in total. The van der Waals surface area contributed by atoms with Crippen molar-refractivity contribution in [2.75, 3.05) is 25.0 Å². The van der Waals surface area contributed by atoms with Crippen molar-refractivity contribution in [3.05, 3.63) is 35.5 Å². The molecule has 1 saturated heterocycles. The Balaban J connectivity index is 1.55. The highest BCUT2D eigenvalue weighted by Crippen LogP contribution is 2.30. The number of ether oxygens (including phenoxy) is 1. The first kappa shape index (κ1) is 23.8. The number of hydrogen-bond donors (Lipinski definition) is 1. The van der Waals surface area contributed by atoms with E-state index in [0.29, 0.717) is 24.5 Å². The SMILES string of the molecule is C=CCn1c(C)cc(-c2csc(NC(=O)C3CCN(C(=O)OCC(F)(F)F)CC3)n2)c1C. The Labute approximate surface area is 187 Å². The van der Waals surface area contributed by atoms with Crippen molar-refractivity contribution in [3.8, 4) is 11.3 Å². The lowest BCUT2D eigenvalue weighted by atomic mass is 9.96. The number of hydrogen-bond acceptors (Lipinski definition) is 5. The molecule has 1 fully saturated rings. The van der Waals surface area contributed by atoms with Crippen LogP contribution in [0.15, 0.2) is 24.1 Å². The highest BCUT2D eigenvalue weighted by molar-refractivity contribution is 7.14. The van der Waals surface area contributed by atoms with E-state index in [0.717, 1.165) is 22.6 Å². The van der Waals surface area contributed by atoms with Gasteiger partial charge in [0.15, 0.2) is 11.7 Å². The molecule has 0 saturated carbocycles. The van der Waals surface area contributed by atoms with E-state index in [4.69, 9.17) is 0 Å². The second-order valence-corrected chi connectivity index (χ2v) is 8.50. The summed E-state index contributed by atoms with van der Waals surface area (Å²) in [6.07, 6.45) is -3.06. The predicted octanol–water partition coefficient (Wildman–Crippen LogP) is 4.76. The van der Waals surface area contributed by atoms with E-state index in [-0.39, 0.29) is 24.9 Å². The Morgan fingerprint density at radius 1 is 1.34 bits per heavy atom. The fourth-order valence-corrected chi connectivity index (χ4v) is 4.41. The predicted molar refractivity (Wildman–Crippen MR) is 116 cm³/mol. The molecule has 174 valence electrons. The number of aryl methyl sites for hydroxylation is 1. The van der Waals surface area contributed by atoms with E-state index < -0.39 is 18.9 Å². The minimum Gasteiger partial charge on any atom is -0.440 e. The highest BCUT2D eigenvalue weighted by atomic mass is 32.1. The molecule has 0 radical (unpaired) electrons. The number of allylic oxidation sites excluding steroid dienone is 1. The van der Waals surface area contributed by atoms with Gasteiger partial charge in [0.1, 0.15) is 0 Å². The van der Waals surface area contributed by atoms with Crippen LogP contribution in [0.5, 0.6) is 0 Å². The molecule has 0 unspecified atom stereocenters. The molecule has 2 aromatic rings. The van der Waals surface area contributed by atoms with Gasteiger partial charge in [-0.15, -0.1) is 17.9 Å². The Morgan fingerprint density at radius 3 is 2.66 bits per heavy atom. The first-order valence-electron chi connectivity index (χ1n) is 10.1. The Kier molecular flexibility index (Phi) is 7.27. The molecular weight excluding hydrogens is 445 g/mol. The van der Waals surface area contributed by atoms with Gasteiger partial charge in [-0.3, -0.25) is 4.79 Å². The van der Waals surface area contributed by atoms with Gasteiger partial charge in [0.2, 0.25) is 5.91 Å².